The molecule has 1 aromatic heterocycles. The van der Waals surface area contributed by atoms with Crippen molar-refractivity contribution in [3.63, 3.8) is 0 Å². The molecule has 294 valence electrons. The smallest absolute Gasteiger partial charge is 0.0725 e. The average Bonchev–Trinajstić information content (AvgIpc) is 3.97. The Kier molecular flexibility index (Phi) is 7.85. The normalized spacial score (nSPS) is 12.9. The second kappa shape index (κ2) is 13.9. The molecule has 2 aliphatic carbocycles. The van der Waals surface area contributed by atoms with Crippen molar-refractivity contribution in [2.24, 2.45) is 0 Å². The fraction of sp³-hybridized carbons (Fsp3) is 0.0164. The molecular weight excluding hydrogens is 761 g/mol. The molecule has 63 heavy (non-hydrogen) atoms. The Hall–Kier alpha value is -8.20. The van der Waals surface area contributed by atoms with Gasteiger partial charge in [0.05, 0.1) is 16.4 Å². The summed E-state index contributed by atoms with van der Waals surface area (Å²) in [6.07, 6.45) is 0. The van der Waals surface area contributed by atoms with Gasteiger partial charge in [-0.25, -0.2) is 0 Å². The average molecular weight is 801 g/mol. The zero-order chi connectivity index (χ0) is 41.5. The minimum absolute atomic E-state index is 0.381. The number of anilines is 3. The van der Waals surface area contributed by atoms with E-state index in [1.54, 1.807) is 0 Å². The van der Waals surface area contributed by atoms with Gasteiger partial charge >= 0.3 is 0 Å². The fourth-order valence-corrected chi connectivity index (χ4v) is 11.0. The van der Waals surface area contributed by atoms with E-state index in [-0.39, 0.29) is 5.41 Å². The molecule has 10 aromatic carbocycles. The molecule has 0 bridgehead atoms. The Morgan fingerprint density at radius 1 is 0.302 bits per heavy atom. The molecule has 0 aliphatic heterocycles. The summed E-state index contributed by atoms with van der Waals surface area (Å²) in [5.74, 6) is 0. The van der Waals surface area contributed by atoms with Gasteiger partial charge in [0.1, 0.15) is 0 Å². The third-order valence-corrected chi connectivity index (χ3v) is 13.6. The first-order valence-electron chi connectivity index (χ1n) is 21.8. The summed E-state index contributed by atoms with van der Waals surface area (Å²) >= 11 is 0. The Balaban J connectivity index is 0.924. The van der Waals surface area contributed by atoms with Gasteiger partial charge in [0, 0.05) is 33.5 Å². The third kappa shape index (κ3) is 5.19. The van der Waals surface area contributed by atoms with Crippen LogP contribution in [0, 0.1) is 0 Å². The highest BCUT2D eigenvalue weighted by Gasteiger charge is 2.51. The highest BCUT2D eigenvalue weighted by Crippen LogP contribution is 2.64. The maximum absolute atomic E-state index is 2.38. The Morgan fingerprint density at radius 3 is 1.57 bits per heavy atom. The topological polar surface area (TPSA) is 8.17 Å². The first-order valence-corrected chi connectivity index (χ1v) is 21.8. The van der Waals surface area contributed by atoms with Crippen LogP contribution in [0.1, 0.15) is 22.3 Å². The molecule has 0 atom stereocenters. The van der Waals surface area contributed by atoms with Crippen LogP contribution in [0.25, 0.3) is 72.0 Å². The zero-order valence-corrected chi connectivity index (χ0v) is 34.5. The van der Waals surface area contributed by atoms with Crippen molar-refractivity contribution >= 4 is 38.9 Å². The molecular formula is C61H40N2. The van der Waals surface area contributed by atoms with E-state index in [1.165, 1.54) is 94.3 Å². The summed E-state index contributed by atoms with van der Waals surface area (Å²) in [5.41, 5.74) is 22.0. The summed E-state index contributed by atoms with van der Waals surface area (Å²) in [6.45, 7) is 0. The number of benzene rings is 10. The molecule has 1 spiro atoms. The maximum Gasteiger partial charge on any atom is 0.0725 e. The number of fused-ring (bicyclic) bond motifs is 13. The molecule has 0 amide bonds. The van der Waals surface area contributed by atoms with Crippen LogP contribution >= 0.6 is 0 Å². The van der Waals surface area contributed by atoms with Gasteiger partial charge < -0.3 is 9.47 Å². The second-order valence-corrected chi connectivity index (χ2v) is 16.8. The van der Waals surface area contributed by atoms with E-state index in [0.29, 0.717) is 0 Å². The predicted octanol–water partition coefficient (Wildman–Crippen LogP) is 15.9. The molecule has 0 saturated heterocycles. The molecule has 11 aromatic rings. The molecule has 0 fully saturated rings. The van der Waals surface area contributed by atoms with E-state index in [0.717, 1.165) is 17.1 Å². The van der Waals surface area contributed by atoms with Crippen molar-refractivity contribution in [2.45, 2.75) is 5.41 Å². The largest absolute Gasteiger partial charge is 0.310 e. The van der Waals surface area contributed by atoms with Crippen LogP contribution in [0.4, 0.5) is 17.1 Å². The summed E-state index contributed by atoms with van der Waals surface area (Å²) in [4.78, 5) is 2.38. The summed E-state index contributed by atoms with van der Waals surface area (Å²) < 4.78 is 2.37. The summed E-state index contributed by atoms with van der Waals surface area (Å²) in [5, 5.41) is 2.51. The van der Waals surface area contributed by atoms with Crippen LogP contribution in [0.3, 0.4) is 0 Å². The van der Waals surface area contributed by atoms with Crippen molar-refractivity contribution in [1.29, 1.82) is 0 Å². The number of rotatable bonds is 6. The number of nitrogens with zero attached hydrogens (tertiary/aromatic N) is 2. The van der Waals surface area contributed by atoms with Gasteiger partial charge in [-0.1, -0.05) is 176 Å². The van der Waals surface area contributed by atoms with Crippen LogP contribution < -0.4 is 4.90 Å². The minimum Gasteiger partial charge on any atom is -0.310 e. The quantitative estimate of drug-likeness (QED) is 0.163. The molecule has 2 nitrogen and oxygen atoms in total. The van der Waals surface area contributed by atoms with Gasteiger partial charge in [-0.15, -0.1) is 0 Å². The second-order valence-electron chi connectivity index (χ2n) is 16.8. The van der Waals surface area contributed by atoms with Gasteiger partial charge in [0.25, 0.3) is 0 Å². The van der Waals surface area contributed by atoms with Crippen molar-refractivity contribution in [1.82, 2.24) is 4.57 Å². The van der Waals surface area contributed by atoms with E-state index in [4.69, 9.17) is 0 Å². The number of para-hydroxylation sites is 3. The van der Waals surface area contributed by atoms with E-state index in [1.807, 2.05) is 0 Å². The molecule has 0 saturated carbocycles. The SMILES string of the molecule is c1ccc(N(c2ccc(-c3ccc4c(c3)c3ccccc3n4-c3ccccc3)cc2)c2cccc(-c3cccc4c3-c3ccccc3C43c4ccccc4-c4ccccc43)c2)cc1. The highest BCUT2D eigenvalue weighted by atomic mass is 15.1. The van der Waals surface area contributed by atoms with E-state index < -0.39 is 0 Å². The third-order valence-electron chi connectivity index (χ3n) is 13.6. The number of aromatic nitrogens is 1. The molecule has 0 N–H and O–H groups in total. The van der Waals surface area contributed by atoms with Gasteiger partial charge in [-0.2, -0.15) is 0 Å². The van der Waals surface area contributed by atoms with Gasteiger partial charge in [0.15, 0.2) is 0 Å². The van der Waals surface area contributed by atoms with E-state index in [9.17, 15) is 0 Å². The Labute approximate surface area is 367 Å². The lowest BCUT2D eigenvalue weighted by Crippen LogP contribution is -2.25. The van der Waals surface area contributed by atoms with Crippen molar-refractivity contribution in [3.8, 4) is 50.2 Å². The van der Waals surface area contributed by atoms with E-state index >= 15 is 0 Å². The molecule has 0 unspecified atom stereocenters. The lowest BCUT2D eigenvalue weighted by Gasteiger charge is -2.30. The number of hydrogen-bond acceptors (Lipinski definition) is 1. The van der Waals surface area contributed by atoms with E-state index in [2.05, 4.69) is 252 Å². The van der Waals surface area contributed by atoms with Gasteiger partial charge in [-0.05, 0) is 133 Å². The maximum atomic E-state index is 2.38. The zero-order valence-electron chi connectivity index (χ0n) is 34.5. The van der Waals surface area contributed by atoms with Gasteiger partial charge in [-0.3, -0.25) is 0 Å². The predicted molar refractivity (Wildman–Crippen MR) is 263 cm³/mol. The van der Waals surface area contributed by atoms with Crippen LogP contribution in [0.2, 0.25) is 0 Å². The minimum atomic E-state index is -0.381. The molecule has 13 rings (SSSR count). The standard InChI is InChI=1S/C61H40N2/c1-3-18-44(19-4-1)62(46-36-33-41(34-37-46)42-35-38-59-53(40-42)51-25-10-14-32-58(51)63(59)45-20-5-2-6-21-45)47-22-15-17-43(39-47)48-27-16-31-57-60(48)52-26-9-13-30-56(52)61(57)54-28-11-7-23-49(54)50-24-8-12-29-55(50)61/h1-40H. The summed E-state index contributed by atoms with van der Waals surface area (Å²) in [7, 11) is 0. The fourth-order valence-electron chi connectivity index (χ4n) is 11.0. The monoisotopic (exact) mass is 800 g/mol. The van der Waals surface area contributed by atoms with Crippen LogP contribution in [-0.4, -0.2) is 4.57 Å². The number of hydrogen-bond donors (Lipinski definition) is 0. The van der Waals surface area contributed by atoms with Crippen molar-refractivity contribution in [3.05, 3.63) is 265 Å². The van der Waals surface area contributed by atoms with Crippen molar-refractivity contribution < 1.29 is 0 Å². The highest BCUT2D eigenvalue weighted by molar-refractivity contribution is 6.10. The van der Waals surface area contributed by atoms with Crippen molar-refractivity contribution in [2.75, 3.05) is 4.90 Å². The Morgan fingerprint density at radius 2 is 0.825 bits per heavy atom. The molecule has 0 radical (unpaired) electrons. The van der Waals surface area contributed by atoms with Crippen LogP contribution in [-0.2, 0) is 5.41 Å². The first-order chi connectivity index (χ1) is 31.3. The lowest BCUT2D eigenvalue weighted by atomic mass is 9.70. The lowest BCUT2D eigenvalue weighted by molar-refractivity contribution is 0.794. The van der Waals surface area contributed by atoms with Crippen LogP contribution in [0.15, 0.2) is 243 Å². The van der Waals surface area contributed by atoms with Gasteiger partial charge in [0.2, 0.25) is 0 Å². The summed E-state index contributed by atoms with van der Waals surface area (Å²) in [6, 6.07) is 89.3. The first kappa shape index (κ1) is 35.5. The molecule has 2 heteroatoms. The van der Waals surface area contributed by atoms with Crippen LogP contribution in [0.5, 0.6) is 0 Å². The molecule has 2 aliphatic rings. The Bertz CT molecular complexity index is 3520. The molecule has 1 heterocycles.